The van der Waals surface area contributed by atoms with Gasteiger partial charge >= 0.3 is 0 Å². The maximum absolute atomic E-state index is 11.8. The minimum atomic E-state index is -0.138. The zero-order valence-corrected chi connectivity index (χ0v) is 14.0. The van der Waals surface area contributed by atoms with Gasteiger partial charge in [0.1, 0.15) is 6.33 Å². The third kappa shape index (κ3) is 5.57. The number of nitrogens with zero attached hydrogens (tertiary/aromatic N) is 3. The number of hydrogen-bond donors (Lipinski definition) is 2. The molecule has 0 spiro atoms. The van der Waals surface area contributed by atoms with Crippen molar-refractivity contribution in [3.8, 4) is 5.69 Å². The molecule has 23 heavy (non-hydrogen) atoms. The van der Waals surface area contributed by atoms with E-state index in [1.54, 1.807) is 23.0 Å². The van der Waals surface area contributed by atoms with E-state index in [1.807, 2.05) is 12.1 Å². The minimum absolute atomic E-state index is 0.122. The number of nitrogens with one attached hydrogen (secondary N) is 2. The summed E-state index contributed by atoms with van der Waals surface area (Å²) in [7, 11) is 0. The standard InChI is InChI=1S/C14H16ClN5O2S/c1-10(21)16-5-6-17-13(22)8-23-14-19-18-9-20(14)12-4-2-3-11(15)7-12/h2-4,7,9H,5-6,8H2,1H3,(H,16,21)(H,17,22). The van der Waals surface area contributed by atoms with Crippen LogP contribution in [-0.2, 0) is 9.59 Å². The van der Waals surface area contributed by atoms with Crippen LogP contribution in [0.3, 0.4) is 0 Å². The van der Waals surface area contributed by atoms with Gasteiger partial charge in [0.25, 0.3) is 0 Å². The van der Waals surface area contributed by atoms with Gasteiger partial charge < -0.3 is 10.6 Å². The van der Waals surface area contributed by atoms with Crippen LogP contribution in [0.5, 0.6) is 0 Å². The van der Waals surface area contributed by atoms with E-state index >= 15 is 0 Å². The van der Waals surface area contributed by atoms with E-state index in [9.17, 15) is 9.59 Å². The number of thioether (sulfide) groups is 1. The number of amides is 2. The first-order valence-corrected chi connectivity index (χ1v) is 8.22. The Hall–Kier alpha value is -2.06. The molecule has 0 radical (unpaired) electrons. The summed E-state index contributed by atoms with van der Waals surface area (Å²) in [5.74, 6) is -0.0523. The average molecular weight is 354 g/mol. The molecule has 0 saturated carbocycles. The topological polar surface area (TPSA) is 88.9 Å². The highest BCUT2D eigenvalue weighted by molar-refractivity contribution is 7.99. The Morgan fingerprint density at radius 3 is 2.83 bits per heavy atom. The lowest BCUT2D eigenvalue weighted by Crippen LogP contribution is -2.34. The van der Waals surface area contributed by atoms with Gasteiger partial charge in [-0.25, -0.2) is 0 Å². The molecule has 0 saturated heterocycles. The lowest BCUT2D eigenvalue weighted by atomic mass is 10.3. The molecule has 1 heterocycles. The fourth-order valence-corrected chi connectivity index (χ4v) is 2.69. The molecule has 2 aromatic rings. The Morgan fingerprint density at radius 1 is 1.30 bits per heavy atom. The first kappa shape index (κ1) is 17.3. The molecule has 7 nitrogen and oxygen atoms in total. The highest BCUT2D eigenvalue weighted by Crippen LogP contribution is 2.21. The Bertz CT molecular complexity index is 691. The third-order valence-corrected chi connectivity index (χ3v) is 3.93. The summed E-state index contributed by atoms with van der Waals surface area (Å²) in [5.41, 5.74) is 0.830. The molecule has 0 bridgehead atoms. The molecule has 9 heteroatoms. The molecule has 0 aliphatic carbocycles. The van der Waals surface area contributed by atoms with Crippen molar-refractivity contribution in [2.45, 2.75) is 12.1 Å². The number of halogens is 1. The highest BCUT2D eigenvalue weighted by atomic mass is 35.5. The number of benzene rings is 1. The number of carbonyl (C=O) groups excluding carboxylic acids is 2. The van der Waals surface area contributed by atoms with Gasteiger partial charge in [0.15, 0.2) is 5.16 Å². The molecule has 0 atom stereocenters. The van der Waals surface area contributed by atoms with Gasteiger partial charge in [0.05, 0.1) is 11.4 Å². The summed E-state index contributed by atoms with van der Waals surface area (Å²) in [6.07, 6.45) is 1.57. The van der Waals surface area contributed by atoms with Crippen LogP contribution in [0.4, 0.5) is 0 Å². The first-order valence-electron chi connectivity index (χ1n) is 6.86. The molecule has 0 aliphatic rings. The SMILES string of the molecule is CC(=O)NCCNC(=O)CSc1nncn1-c1cccc(Cl)c1. The Labute approximate surface area is 142 Å². The van der Waals surface area contributed by atoms with Crippen molar-refractivity contribution in [1.29, 1.82) is 0 Å². The van der Waals surface area contributed by atoms with Crippen molar-refractivity contribution in [1.82, 2.24) is 25.4 Å². The molecule has 2 N–H and O–H groups in total. The first-order chi connectivity index (χ1) is 11.1. The fraction of sp³-hybridized carbons (Fsp3) is 0.286. The van der Waals surface area contributed by atoms with E-state index < -0.39 is 0 Å². The zero-order chi connectivity index (χ0) is 16.7. The van der Waals surface area contributed by atoms with E-state index in [4.69, 9.17) is 11.6 Å². The van der Waals surface area contributed by atoms with E-state index in [0.29, 0.717) is 23.3 Å². The van der Waals surface area contributed by atoms with Crippen molar-refractivity contribution in [2.24, 2.45) is 0 Å². The Kier molecular flexibility index (Phi) is 6.42. The van der Waals surface area contributed by atoms with Crippen LogP contribution >= 0.6 is 23.4 Å². The number of carbonyl (C=O) groups is 2. The lowest BCUT2D eigenvalue weighted by Gasteiger charge is -2.07. The maximum atomic E-state index is 11.8. The zero-order valence-electron chi connectivity index (χ0n) is 12.5. The van der Waals surface area contributed by atoms with Gasteiger partial charge in [-0.1, -0.05) is 29.4 Å². The second-order valence-corrected chi connectivity index (χ2v) is 5.96. The Balaban J connectivity index is 1.86. The second-order valence-electron chi connectivity index (χ2n) is 4.58. The van der Waals surface area contributed by atoms with Crippen LogP contribution in [0.25, 0.3) is 5.69 Å². The molecule has 2 amide bonds. The van der Waals surface area contributed by atoms with Gasteiger partial charge in [0, 0.05) is 25.0 Å². The van der Waals surface area contributed by atoms with Crippen molar-refractivity contribution >= 4 is 35.2 Å². The van der Waals surface area contributed by atoms with Crippen LogP contribution in [0, 0.1) is 0 Å². The van der Waals surface area contributed by atoms with Crippen molar-refractivity contribution < 1.29 is 9.59 Å². The van der Waals surface area contributed by atoms with Crippen molar-refractivity contribution in [2.75, 3.05) is 18.8 Å². The van der Waals surface area contributed by atoms with E-state index in [2.05, 4.69) is 20.8 Å². The monoisotopic (exact) mass is 353 g/mol. The molecular weight excluding hydrogens is 338 g/mol. The van der Waals surface area contributed by atoms with Gasteiger partial charge in [-0.05, 0) is 18.2 Å². The van der Waals surface area contributed by atoms with Crippen molar-refractivity contribution in [3.05, 3.63) is 35.6 Å². The number of rotatable bonds is 7. The predicted octanol–water partition coefficient (Wildman–Crippen LogP) is 1.27. The van der Waals surface area contributed by atoms with Crippen LogP contribution in [0.2, 0.25) is 5.02 Å². The van der Waals surface area contributed by atoms with E-state index in [1.165, 1.54) is 18.7 Å². The maximum Gasteiger partial charge on any atom is 0.230 e. The molecule has 0 unspecified atom stereocenters. The second kappa shape index (κ2) is 8.54. The van der Waals surface area contributed by atoms with Gasteiger partial charge in [-0.15, -0.1) is 10.2 Å². The number of hydrogen-bond acceptors (Lipinski definition) is 5. The minimum Gasteiger partial charge on any atom is -0.355 e. The molecule has 1 aromatic carbocycles. The van der Waals surface area contributed by atoms with Gasteiger partial charge in [-0.2, -0.15) is 0 Å². The molecule has 122 valence electrons. The van der Waals surface area contributed by atoms with Crippen LogP contribution < -0.4 is 10.6 Å². The summed E-state index contributed by atoms with van der Waals surface area (Å²) in [6, 6.07) is 7.29. The average Bonchev–Trinajstić information content (AvgIpc) is 2.98. The highest BCUT2D eigenvalue weighted by Gasteiger charge is 2.10. The molecule has 0 aliphatic heterocycles. The summed E-state index contributed by atoms with van der Waals surface area (Å²) < 4.78 is 1.77. The molecular formula is C14H16ClN5O2S. The van der Waals surface area contributed by atoms with Crippen molar-refractivity contribution in [3.63, 3.8) is 0 Å². The number of aromatic nitrogens is 3. The summed E-state index contributed by atoms with van der Waals surface area (Å²) in [4.78, 5) is 22.5. The van der Waals surface area contributed by atoms with Gasteiger partial charge in [-0.3, -0.25) is 14.2 Å². The lowest BCUT2D eigenvalue weighted by molar-refractivity contribution is -0.120. The molecule has 0 fully saturated rings. The van der Waals surface area contributed by atoms with Gasteiger partial charge in [0.2, 0.25) is 11.8 Å². The fourth-order valence-electron chi connectivity index (χ4n) is 1.75. The largest absolute Gasteiger partial charge is 0.355 e. The van der Waals surface area contributed by atoms with E-state index in [0.717, 1.165) is 5.69 Å². The smallest absolute Gasteiger partial charge is 0.230 e. The molecule has 1 aromatic heterocycles. The summed E-state index contributed by atoms with van der Waals surface area (Å²) in [5, 5.41) is 14.4. The quantitative estimate of drug-likeness (QED) is 0.578. The third-order valence-electron chi connectivity index (χ3n) is 2.76. The van der Waals surface area contributed by atoms with E-state index in [-0.39, 0.29) is 17.6 Å². The predicted molar refractivity (Wildman–Crippen MR) is 88.8 cm³/mol. The van der Waals surface area contributed by atoms with Crippen LogP contribution in [0.1, 0.15) is 6.92 Å². The normalized spacial score (nSPS) is 10.3. The molecule has 2 rings (SSSR count). The summed E-state index contributed by atoms with van der Waals surface area (Å²) >= 11 is 7.25. The van der Waals surface area contributed by atoms with Crippen LogP contribution in [0.15, 0.2) is 35.7 Å². The Morgan fingerprint density at radius 2 is 2.09 bits per heavy atom. The summed E-state index contributed by atoms with van der Waals surface area (Å²) in [6.45, 7) is 2.23. The van der Waals surface area contributed by atoms with Crippen LogP contribution in [-0.4, -0.2) is 45.4 Å².